The zero-order chi connectivity index (χ0) is 14.1. The van der Waals surface area contributed by atoms with E-state index < -0.39 is 6.10 Å². The minimum atomic E-state index is -0.501. The third-order valence-corrected chi connectivity index (χ3v) is 2.98. The summed E-state index contributed by atoms with van der Waals surface area (Å²) in [5.41, 5.74) is 2.20. The molecule has 1 rings (SSSR count). The van der Waals surface area contributed by atoms with Gasteiger partial charge in [0.2, 0.25) is 0 Å². The number of rotatable bonds is 9. The van der Waals surface area contributed by atoms with Gasteiger partial charge in [0.1, 0.15) is 0 Å². The van der Waals surface area contributed by atoms with Gasteiger partial charge in [0, 0.05) is 13.1 Å². The first-order chi connectivity index (χ1) is 9.15. The molecule has 0 aliphatic carbocycles. The maximum Gasteiger partial charge on any atom is 0.0914 e. The first-order valence-electron chi connectivity index (χ1n) is 6.82. The molecule has 0 aromatic heterocycles. The summed E-state index contributed by atoms with van der Waals surface area (Å²) in [5.74, 6) is 0.507. The molecule has 0 radical (unpaired) electrons. The van der Waals surface area contributed by atoms with Crippen LogP contribution in [0.25, 0.3) is 0 Å². The van der Waals surface area contributed by atoms with Gasteiger partial charge < -0.3 is 20.3 Å². The van der Waals surface area contributed by atoms with E-state index in [0.29, 0.717) is 32.2 Å². The molecule has 0 heterocycles. The molecular formula is C15H25NO3. The smallest absolute Gasteiger partial charge is 0.0914 e. The van der Waals surface area contributed by atoms with Crippen molar-refractivity contribution in [3.63, 3.8) is 0 Å². The molecule has 4 nitrogen and oxygen atoms in total. The predicted octanol–water partition coefficient (Wildman–Crippen LogP) is 1.44. The molecule has 0 fully saturated rings. The van der Waals surface area contributed by atoms with Crippen molar-refractivity contribution in [1.82, 2.24) is 5.32 Å². The Morgan fingerprint density at radius 3 is 2.32 bits per heavy atom. The van der Waals surface area contributed by atoms with E-state index in [1.165, 1.54) is 5.56 Å². The molecule has 0 aliphatic heterocycles. The molecule has 0 spiro atoms. The van der Waals surface area contributed by atoms with Crippen LogP contribution in [0.3, 0.4) is 0 Å². The van der Waals surface area contributed by atoms with Crippen LogP contribution < -0.4 is 5.32 Å². The molecule has 0 aliphatic rings. The number of ether oxygens (including phenoxy) is 1. The van der Waals surface area contributed by atoms with Crippen molar-refractivity contribution in [3.05, 3.63) is 35.4 Å². The minimum absolute atomic E-state index is 0.0465. The lowest BCUT2D eigenvalue weighted by atomic mass is 10.00. The van der Waals surface area contributed by atoms with Crippen molar-refractivity contribution in [2.75, 3.05) is 32.9 Å². The van der Waals surface area contributed by atoms with Crippen molar-refractivity contribution in [2.45, 2.75) is 25.9 Å². The van der Waals surface area contributed by atoms with Gasteiger partial charge in [-0.15, -0.1) is 0 Å². The van der Waals surface area contributed by atoms with E-state index >= 15 is 0 Å². The average molecular weight is 267 g/mol. The summed E-state index contributed by atoms with van der Waals surface area (Å²) in [4.78, 5) is 0. The summed E-state index contributed by atoms with van der Waals surface area (Å²) in [6, 6.07) is 8.08. The second kappa shape index (κ2) is 9.04. The summed E-state index contributed by atoms with van der Waals surface area (Å²) in [5, 5.41) is 21.7. The molecular weight excluding hydrogens is 242 g/mol. The Morgan fingerprint density at radius 2 is 1.74 bits per heavy atom. The van der Waals surface area contributed by atoms with E-state index in [9.17, 15) is 5.11 Å². The Hall–Kier alpha value is -0.940. The Kier molecular flexibility index (Phi) is 7.67. The van der Waals surface area contributed by atoms with Crippen LogP contribution in [0, 0.1) is 0 Å². The zero-order valence-electron chi connectivity index (χ0n) is 11.8. The second-order valence-corrected chi connectivity index (χ2v) is 4.88. The lowest BCUT2D eigenvalue weighted by Gasteiger charge is -2.13. The lowest BCUT2D eigenvalue weighted by Crippen LogP contribution is -2.25. The quantitative estimate of drug-likeness (QED) is 0.593. The fourth-order valence-corrected chi connectivity index (χ4v) is 1.77. The molecule has 19 heavy (non-hydrogen) atoms. The fourth-order valence-electron chi connectivity index (χ4n) is 1.77. The number of aliphatic hydroxyl groups is 2. The highest BCUT2D eigenvalue weighted by atomic mass is 16.5. The molecule has 4 heteroatoms. The van der Waals surface area contributed by atoms with E-state index in [4.69, 9.17) is 9.84 Å². The summed E-state index contributed by atoms with van der Waals surface area (Å²) in [6.45, 7) is 6.43. The second-order valence-electron chi connectivity index (χ2n) is 4.88. The van der Waals surface area contributed by atoms with Gasteiger partial charge in [0.15, 0.2) is 0 Å². The van der Waals surface area contributed by atoms with E-state index in [1.807, 2.05) is 12.1 Å². The zero-order valence-corrected chi connectivity index (χ0v) is 11.8. The van der Waals surface area contributed by atoms with Gasteiger partial charge in [-0.2, -0.15) is 0 Å². The molecule has 1 atom stereocenters. The standard InChI is InChI=1S/C15H25NO3/c1-12(2)13-3-5-14(6-4-13)15(18)11-16-7-9-19-10-8-17/h3-6,12,15-18H,7-11H2,1-2H3. The Morgan fingerprint density at radius 1 is 1.11 bits per heavy atom. The van der Waals surface area contributed by atoms with Gasteiger partial charge >= 0.3 is 0 Å². The molecule has 3 N–H and O–H groups in total. The van der Waals surface area contributed by atoms with Crippen LogP contribution in [0.4, 0.5) is 0 Å². The summed E-state index contributed by atoms with van der Waals surface area (Å²) in [6.07, 6.45) is -0.501. The molecule has 0 amide bonds. The molecule has 1 unspecified atom stereocenters. The Bertz CT molecular complexity index is 338. The number of nitrogens with one attached hydrogen (secondary N) is 1. The van der Waals surface area contributed by atoms with Crippen molar-refractivity contribution in [1.29, 1.82) is 0 Å². The largest absolute Gasteiger partial charge is 0.394 e. The highest BCUT2D eigenvalue weighted by Gasteiger charge is 2.07. The molecule has 108 valence electrons. The van der Waals surface area contributed by atoms with Gasteiger partial charge in [0.05, 0.1) is 25.9 Å². The first kappa shape index (κ1) is 16.1. The Labute approximate surface area is 115 Å². The van der Waals surface area contributed by atoms with E-state index in [1.54, 1.807) is 0 Å². The van der Waals surface area contributed by atoms with Crippen LogP contribution in [0.2, 0.25) is 0 Å². The van der Waals surface area contributed by atoms with Gasteiger partial charge in [0.25, 0.3) is 0 Å². The number of hydrogen-bond acceptors (Lipinski definition) is 4. The Balaban J connectivity index is 2.27. The van der Waals surface area contributed by atoms with Crippen LogP contribution in [0.15, 0.2) is 24.3 Å². The van der Waals surface area contributed by atoms with Gasteiger partial charge in [-0.1, -0.05) is 38.1 Å². The van der Waals surface area contributed by atoms with Crippen LogP contribution in [0.5, 0.6) is 0 Å². The molecule has 0 bridgehead atoms. The summed E-state index contributed by atoms with van der Waals surface area (Å²) in [7, 11) is 0. The maximum atomic E-state index is 10.0. The average Bonchev–Trinajstić information content (AvgIpc) is 2.42. The number of benzene rings is 1. The van der Waals surface area contributed by atoms with Crippen LogP contribution in [-0.2, 0) is 4.74 Å². The minimum Gasteiger partial charge on any atom is -0.394 e. The summed E-state index contributed by atoms with van der Waals surface area (Å²) < 4.78 is 5.12. The van der Waals surface area contributed by atoms with Crippen LogP contribution in [0.1, 0.15) is 37.0 Å². The van der Waals surface area contributed by atoms with Crippen LogP contribution >= 0.6 is 0 Å². The monoisotopic (exact) mass is 267 g/mol. The van der Waals surface area contributed by atoms with E-state index in [2.05, 4.69) is 31.3 Å². The van der Waals surface area contributed by atoms with Gasteiger partial charge in [-0.3, -0.25) is 0 Å². The van der Waals surface area contributed by atoms with Crippen molar-refractivity contribution >= 4 is 0 Å². The van der Waals surface area contributed by atoms with Gasteiger partial charge in [-0.25, -0.2) is 0 Å². The lowest BCUT2D eigenvalue weighted by molar-refractivity contribution is 0.0910. The third-order valence-electron chi connectivity index (χ3n) is 2.98. The molecule has 1 aromatic carbocycles. The predicted molar refractivity (Wildman–Crippen MR) is 76.3 cm³/mol. The number of hydrogen-bond donors (Lipinski definition) is 3. The number of aliphatic hydroxyl groups excluding tert-OH is 2. The fraction of sp³-hybridized carbons (Fsp3) is 0.600. The van der Waals surface area contributed by atoms with E-state index in [0.717, 1.165) is 5.56 Å². The molecule has 1 aromatic rings. The topological polar surface area (TPSA) is 61.7 Å². The molecule has 0 saturated heterocycles. The van der Waals surface area contributed by atoms with Gasteiger partial charge in [-0.05, 0) is 17.0 Å². The highest BCUT2D eigenvalue weighted by molar-refractivity contribution is 5.26. The third kappa shape index (κ3) is 6.16. The molecule has 0 saturated carbocycles. The normalized spacial score (nSPS) is 12.9. The van der Waals surface area contributed by atoms with Crippen LogP contribution in [-0.4, -0.2) is 43.1 Å². The van der Waals surface area contributed by atoms with E-state index in [-0.39, 0.29) is 6.61 Å². The summed E-state index contributed by atoms with van der Waals surface area (Å²) >= 11 is 0. The van der Waals surface area contributed by atoms with Crippen molar-refractivity contribution in [3.8, 4) is 0 Å². The SMILES string of the molecule is CC(C)c1ccc(C(O)CNCCOCCO)cc1. The highest BCUT2D eigenvalue weighted by Crippen LogP contribution is 2.18. The maximum absolute atomic E-state index is 10.0. The van der Waals surface area contributed by atoms with Crippen molar-refractivity contribution in [2.24, 2.45) is 0 Å². The van der Waals surface area contributed by atoms with Crippen molar-refractivity contribution < 1.29 is 14.9 Å². The first-order valence-corrected chi connectivity index (χ1v) is 6.82.